The topological polar surface area (TPSA) is 75.6 Å². The predicted molar refractivity (Wildman–Crippen MR) is 72.3 cm³/mol. The third-order valence-electron chi connectivity index (χ3n) is 2.77. The number of thiophene rings is 1. The summed E-state index contributed by atoms with van der Waals surface area (Å²) in [6.07, 6.45) is 4.43. The first-order valence-corrected chi connectivity index (χ1v) is 6.91. The van der Waals surface area contributed by atoms with Crippen molar-refractivity contribution < 1.29 is 19.4 Å². The van der Waals surface area contributed by atoms with Crippen LogP contribution in [0.4, 0.5) is 0 Å². The molecule has 0 bridgehead atoms. The molecule has 1 amide bonds. The minimum atomic E-state index is -1.00. The molecule has 102 valence electrons. The number of nitrogens with one attached hydrogen (secondary N) is 1. The van der Waals surface area contributed by atoms with Gasteiger partial charge in [0.2, 0.25) is 0 Å². The van der Waals surface area contributed by atoms with Gasteiger partial charge in [-0.25, -0.2) is 4.79 Å². The van der Waals surface area contributed by atoms with Gasteiger partial charge in [0.1, 0.15) is 0 Å². The molecule has 2 rings (SSSR count). The lowest BCUT2D eigenvalue weighted by atomic mass is 10.1. The summed E-state index contributed by atoms with van der Waals surface area (Å²) in [6.45, 7) is 1.32. The van der Waals surface area contributed by atoms with Crippen LogP contribution in [0.2, 0.25) is 0 Å². The second-order valence-corrected chi connectivity index (χ2v) is 5.24. The zero-order valence-corrected chi connectivity index (χ0v) is 11.1. The Hall–Kier alpha value is -1.66. The summed E-state index contributed by atoms with van der Waals surface area (Å²) >= 11 is 1.34. The Balaban J connectivity index is 1.93. The van der Waals surface area contributed by atoms with Crippen LogP contribution in [-0.4, -0.2) is 36.2 Å². The molecule has 1 aromatic rings. The Morgan fingerprint density at radius 1 is 1.53 bits per heavy atom. The third-order valence-corrected chi connectivity index (χ3v) is 3.67. The number of hydrogen-bond donors (Lipinski definition) is 2. The molecule has 0 spiro atoms. The maximum Gasteiger partial charge on any atom is 0.328 e. The molecule has 5 nitrogen and oxygen atoms in total. The minimum Gasteiger partial charge on any atom is -0.478 e. The Morgan fingerprint density at radius 3 is 3.05 bits per heavy atom. The Labute approximate surface area is 114 Å². The van der Waals surface area contributed by atoms with E-state index in [-0.39, 0.29) is 11.9 Å². The summed E-state index contributed by atoms with van der Waals surface area (Å²) < 4.78 is 5.30. The number of amides is 1. The van der Waals surface area contributed by atoms with Gasteiger partial charge in [-0.3, -0.25) is 4.79 Å². The molecule has 0 aliphatic carbocycles. The van der Waals surface area contributed by atoms with E-state index >= 15 is 0 Å². The van der Waals surface area contributed by atoms with Gasteiger partial charge in [-0.15, -0.1) is 11.3 Å². The van der Waals surface area contributed by atoms with E-state index in [0.29, 0.717) is 12.2 Å². The summed E-state index contributed by atoms with van der Waals surface area (Å²) in [4.78, 5) is 23.1. The fraction of sp³-hybridized carbons (Fsp3) is 0.385. The van der Waals surface area contributed by atoms with Gasteiger partial charge < -0.3 is 15.2 Å². The van der Waals surface area contributed by atoms with Crippen molar-refractivity contribution in [3.05, 3.63) is 28.0 Å². The lowest BCUT2D eigenvalue weighted by molar-refractivity contribution is -0.131. The van der Waals surface area contributed by atoms with E-state index in [9.17, 15) is 9.59 Å². The molecule has 1 atom stereocenters. The molecule has 0 radical (unpaired) electrons. The van der Waals surface area contributed by atoms with Crippen molar-refractivity contribution in [2.24, 2.45) is 0 Å². The first-order chi connectivity index (χ1) is 9.15. The van der Waals surface area contributed by atoms with Crippen LogP contribution in [0.1, 0.15) is 28.1 Å². The van der Waals surface area contributed by atoms with Crippen LogP contribution in [0.25, 0.3) is 6.08 Å². The Bertz CT molecular complexity index is 489. The maximum atomic E-state index is 12.0. The molecule has 1 aromatic heterocycles. The predicted octanol–water partition coefficient (Wildman–Crippen LogP) is 1.75. The van der Waals surface area contributed by atoms with E-state index in [4.69, 9.17) is 9.84 Å². The van der Waals surface area contributed by atoms with Crippen LogP contribution >= 0.6 is 11.3 Å². The Morgan fingerprint density at radius 2 is 2.37 bits per heavy atom. The van der Waals surface area contributed by atoms with Crippen molar-refractivity contribution in [2.45, 2.75) is 18.9 Å². The number of carbonyl (C=O) groups excluding carboxylic acids is 1. The highest BCUT2D eigenvalue weighted by molar-refractivity contribution is 7.11. The summed E-state index contributed by atoms with van der Waals surface area (Å²) in [7, 11) is 0. The molecule has 1 unspecified atom stereocenters. The summed E-state index contributed by atoms with van der Waals surface area (Å²) in [6, 6.07) is 1.75. The summed E-state index contributed by atoms with van der Waals surface area (Å²) in [5.74, 6) is -1.14. The molecule has 6 heteroatoms. The summed E-state index contributed by atoms with van der Waals surface area (Å²) in [5, 5.41) is 13.2. The van der Waals surface area contributed by atoms with Gasteiger partial charge in [-0.1, -0.05) is 0 Å². The van der Waals surface area contributed by atoms with Crippen molar-refractivity contribution >= 4 is 29.3 Å². The maximum absolute atomic E-state index is 12.0. The van der Waals surface area contributed by atoms with Gasteiger partial charge >= 0.3 is 5.97 Å². The standard InChI is InChI=1S/C13H15NO4S/c15-12(16)4-3-11-6-9(8-19-11)13(17)14-10-2-1-5-18-7-10/h3-4,6,8,10H,1-2,5,7H2,(H,14,17)(H,15,16). The van der Waals surface area contributed by atoms with Crippen LogP contribution < -0.4 is 5.32 Å². The van der Waals surface area contributed by atoms with E-state index in [1.165, 1.54) is 17.4 Å². The molecule has 19 heavy (non-hydrogen) atoms. The van der Waals surface area contributed by atoms with Gasteiger partial charge in [-0.05, 0) is 25.0 Å². The van der Waals surface area contributed by atoms with E-state index < -0.39 is 5.97 Å². The van der Waals surface area contributed by atoms with E-state index in [2.05, 4.69) is 5.32 Å². The number of rotatable bonds is 4. The number of ether oxygens (including phenoxy) is 1. The van der Waals surface area contributed by atoms with E-state index in [1.807, 2.05) is 0 Å². The molecule has 2 N–H and O–H groups in total. The third kappa shape index (κ3) is 4.18. The van der Waals surface area contributed by atoms with Gasteiger partial charge in [-0.2, -0.15) is 0 Å². The smallest absolute Gasteiger partial charge is 0.328 e. The molecule has 1 saturated heterocycles. The zero-order chi connectivity index (χ0) is 13.7. The monoisotopic (exact) mass is 281 g/mol. The normalized spacial score (nSPS) is 19.5. The number of carbonyl (C=O) groups is 2. The molecule has 1 aliphatic heterocycles. The largest absolute Gasteiger partial charge is 0.478 e. The van der Waals surface area contributed by atoms with E-state index in [0.717, 1.165) is 30.4 Å². The fourth-order valence-corrected chi connectivity index (χ4v) is 2.62. The SMILES string of the molecule is O=C(O)C=Cc1cc(C(=O)NC2CCCOC2)cs1. The molecule has 0 aromatic carbocycles. The molecule has 0 saturated carbocycles. The van der Waals surface area contributed by atoms with Crippen molar-refractivity contribution in [3.63, 3.8) is 0 Å². The highest BCUT2D eigenvalue weighted by Gasteiger charge is 2.17. The average molecular weight is 281 g/mol. The molecular weight excluding hydrogens is 266 g/mol. The molecule has 1 aliphatic rings. The van der Waals surface area contributed by atoms with Crippen molar-refractivity contribution in [1.82, 2.24) is 5.32 Å². The lowest BCUT2D eigenvalue weighted by Crippen LogP contribution is -2.40. The van der Waals surface area contributed by atoms with Gasteiger partial charge in [0, 0.05) is 22.9 Å². The van der Waals surface area contributed by atoms with Gasteiger partial charge in [0.05, 0.1) is 18.2 Å². The van der Waals surface area contributed by atoms with Gasteiger partial charge in [0.15, 0.2) is 0 Å². The van der Waals surface area contributed by atoms with Gasteiger partial charge in [0.25, 0.3) is 5.91 Å². The van der Waals surface area contributed by atoms with Crippen molar-refractivity contribution in [2.75, 3.05) is 13.2 Å². The first-order valence-electron chi connectivity index (χ1n) is 6.03. The number of carboxylic acid groups (broad SMARTS) is 1. The number of aliphatic carboxylic acids is 1. The molecular formula is C13H15NO4S. The quantitative estimate of drug-likeness (QED) is 0.824. The molecule has 2 heterocycles. The Kier molecular flexibility index (Phi) is 4.70. The van der Waals surface area contributed by atoms with Crippen LogP contribution in [0.3, 0.4) is 0 Å². The first kappa shape index (κ1) is 13.8. The summed E-state index contributed by atoms with van der Waals surface area (Å²) in [5.41, 5.74) is 0.556. The number of carboxylic acids is 1. The van der Waals surface area contributed by atoms with Crippen LogP contribution in [0.15, 0.2) is 17.5 Å². The van der Waals surface area contributed by atoms with E-state index in [1.54, 1.807) is 11.4 Å². The van der Waals surface area contributed by atoms with Crippen LogP contribution in [-0.2, 0) is 9.53 Å². The second-order valence-electron chi connectivity index (χ2n) is 4.30. The fourth-order valence-electron chi connectivity index (χ4n) is 1.84. The second kappa shape index (κ2) is 6.49. The highest BCUT2D eigenvalue weighted by Crippen LogP contribution is 2.17. The van der Waals surface area contributed by atoms with Crippen molar-refractivity contribution in [3.8, 4) is 0 Å². The highest BCUT2D eigenvalue weighted by atomic mass is 32.1. The van der Waals surface area contributed by atoms with Crippen LogP contribution in [0.5, 0.6) is 0 Å². The number of hydrogen-bond acceptors (Lipinski definition) is 4. The zero-order valence-electron chi connectivity index (χ0n) is 10.3. The average Bonchev–Trinajstić information content (AvgIpc) is 2.86. The van der Waals surface area contributed by atoms with Crippen molar-refractivity contribution in [1.29, 1.82) is 0 Å². The minimum absolute atomic E-state index is 0.0687. The lowest BCUT2D eigenvalue weighted by Gasteiger charge is -2.22. The van der Waals surface area contributed by atoms with Crippen LogP contribution in [0, 0.1) is 0 Å². The molecule has 1 fully saturated rings.